The van der Waals surface area contributed by atoms with Crippen LogP contribution < -0.4 is 5.73 Å². The van der Waals surface area contributed by atoms with Crippen LogP contribution in [0.2, 0.25) is 0 Å². The summed E-state index contributed by atoms with van der Waals surface area (Å²) in [6, 6.07) is 2.42. The van der Waals surface area contributed by atoms with E-state index in [1.165, 1.54) is 0 Å². The predicted octanol–water partition coefficient (Wildman–Crippen LogP) is 3.24. The molecule has 3 atom stereocenters. The fraction of sp³-hybridized carbons (Fsp3) is 0.476. The third-order valence-corrected chi connectivity index (χ3v) is 6.02. The summed E-state index contributed by atoms with van der Waals surface area (Å²) in [5.74, 6) is -4.09. The third-order valence-electron chi connectivity index (χ3n) is 6.02. The van der Waals surface area contributed by atoms with Crippen molar-refractivity contribution in [2.75, 3.05) is 6.61 Å². The summed E-state index contributed by atoms with van der Waals surface area (Å²) in [6.45, 7) is 3.05. The lowest BCUT2D eigenvalue weighted by Gasteiger charge is -2.38. The molecule has 4 N–H and O–H groups in total. The fourth-order valence-corrected chi connectivity index (χ4v) is 4.41. The van der Waals surface area contributed by atoms with Gasteiger partial charge in [-0.2, -0.15) is 13.2 Å². The molecule has 4 rings (SSSR count). The van der Waals surface area contributed by atoms with Crippen LogP contribution in [0.4, 0.5) is 22.0 Å². The lowest BCUT2D eigenvalue weighted by molar-refractivity contribution is -0.0728. The first kappa shape index (κ1) is 24.2. The number of rotatable bonds is 4. The minimum atomic E-state index is -5.00. The van der Waals surface area contributed by atoms with Gasteiger partial charge in [0.1, 0.15) is 17.7 Å². The Morgan fingerprint density at radius 3 is 2.65 bits per heavy atom. The number of fused-ring (bicyclic) bond motifs is 1. The van der Waals surface area contributed by atoms with Gasteiger partial charge in [-0.25, -0.2) is 13.8 Å². The van der Waals surface area contributed by atoms with Gasteiger partial charge in [-0.05, 0) is 31.5 Å². The molecule has 1 aromatic carbocycles. The molecular formula is C21H23F5N6O2. The van der Waals surface area contributed by atoms with Crippen molar-refractivity contribution >= 4 is 11.8 Å². The number of imidazole rings is 1. The Morgan fingerprint density at radius 2 is 2.00 bits per heavy atom. The van der Waals surface area contributed by atoms with Crippen LogP contribution >= 0.6 is 0 Å². The van der Waals surface area contributed by atoms with Crippen molar-refractivity contribution in [2.45, 2.75) is 57.3 Å². The molecule has 1 aromatic heterocycles. The summed E-state index contributed by atoms with van der Waals surface area (Å²) in [5, 5.41) is 14.8. The molecule has 1 fully saturated rings. The van der Waals surface area contributed by atoms with Crippen LogP contribution in [0.25, 0.3) is 0 Å². The molecule has 8 nitrogen and oxygen atoms in total. The van der Waals surface area contributed by atoms with Gasteiger partial charge in [-0.3, -0.25) is 15.7 Å². The largest absolute Gasteiger partial charge is 0.468 e. The maximum Gasteiger partial charge on any atom is 0.468 e. The predicted molar refractivity (Wildman–Crippen MR) is 110 cm³/mol. The first-order valence-corrected chi connectivity index (χ1v) is 10.6. The normalized spacial score (nSPS) is 23.1. The van der Waals surface area contributed by atoms with Crippen molar-refractivity contribution in [2.24, 2.45) is 5.73 Å². The molecule has 34 heavy (non-hydrogen) atoms. The maximum absolute atomic E-state index is 14.2. The molecule has 3 heterocycles. The summed E-state index contributed by atoms with van der Waals surface area (Å²) in [7, 11) is 0. The van der Waals surface area contributed by atoms with E-state index in [1.807, 2.05) is 4.90 Å². The lowest BCUT2D eigenvalue weighted by atomic mass is 9.93. The van der Waals surface area contributed by atoms with E-state index in [2.05, 4.69) is 9.72 Å². The monoisotopic (exact) mass is 486 g/mol. The van der Waals surface area contributed by atoms with Gasteiger partial charge < -0.3 is 19.8 Å². The molecular weight excluding hydrogens is 463 g/mol. The molecule has 0 radical (unpaired) electrons. The van der Waals surface area contributed by atoms with Crippen molar-refractivity contribution in [3.8, 4) is 0 Å². The van der Waals surface area contributed by atoms with Gasteiger partial charge in [0.15, 0.2) is 5.82 Å². The number of nitrogens with two attached hydrogens (primary N) is 1. The molecule has 0 amide bonds. The van der Waals surface area contributed by atoms with Crippen LogP contribution in [0.1, 0.15) is 42.2 Å². The van der Waals surface area contributed by atoms with Crippen molar-refractivity contribution in [1.82, 2.24) is 14.5 Å². The summed E-state index contributed by atoms with van der Waals surface area (Å²) in [5.41, 5.74) is 7.62. The quantitative estimate of drug-likeness (QED) is 0.349. The second kappa shape index (κ2) is 9.04. The van der Waals surface area contributed by atoms with Crippen molar-refractivity contribution in [3.05, 3.63) is 52.6 Å². The summed E-state index contributed by atoms with van der Waals surface area (Å²) in [4.78, 5) is 6.32. The highest BCUT2D eigenvalue weighted by atomic mass is 19.4. The highest BCUT2D eigenvalue weighted by Gasteiger charge is 2.40. The average Bonchev–Trinajstić information content (AvgIpc) is 3.32. The van der Waals surface area contributed by atoms with E-state index < -0.39 is 41.8 Å². The highest BCUT2D eigenvalue weighted by molar-refractivity contribution is 5.98. The Bertz CT molecular complexity index is 1120. The topological polar surface area (TPSA) is 113 Å². The first-order chi connectivity index (χ1) is 16.0. The average molecular weight is 486 g/mol. The number of hydrogen-bond donors (Lipinski definition) is 3. The molecule has 0 spiro atoms. The van der Waals surface area contributed by atoms with Gasteiger partial charge in [-0.15, -0.1) is 0 Å². The van der Waals surface area contributed by atoms with Gasteiger partial charge in [0, 0.05) is 37.3 Å². The number of aromatic nitrogens is 2. The molecule has 184 valence electrons. The number of ether oxygens (including phenoxy) is 2. The number of halogens is 5. The van der Waals surface area contributed by atoms with Crippen LogP contribution in [0, 0.1) is 22.5 Å². The molecule has 2 aliphatic rings. The Balaban J connectivity index is 1.44. The second-order valence-electron chi connectivity index (χ2n) is 8.21. The zero-order valence-electron chi connectivity index (χ0n) is 18.1. The summed E-state index contributed by atoms with van der Waals surface area (Å²) >= 11 is 0. The second-order valence-corrected chi connectivity index (χ2v) is 8.21. The zero-order valence-corrected chi connectivity index (χ0v) is 18.1. The third kappa shape index (κ3) is 4.55. The minimum Gasteiger partial charge on any atom is -0.413 e. The fourth-order valence-electron chi connectivity index (χ4n) is 4.41. The zero-order chi connectivity index (χ0) is 24.8. The number of alkyl halides is 3. The Hall–Kier alpha value is -2.90. The van der Waals surface area contributed by atoms with E-state index in [9.17, 15) is 22.0 Å². The molecule has 0 unspecified atom stereocenters. The van der Waals surface area contributed by atoms with Crippen molar-refractivity contribution < 1.29 is 31.4 Å². The first-order valence-electron chi connectivity index (χ1n) is 10.6. The number of nitrogens with one attached hydrogen (secondary N) is 2. The van der Waals surface area contributed by atoms with Gasteiger partial charge in [0.2, 0.25) is 0 Å². The molecule has 1 saturated heterocycles. The van der Waals surface area contributed by atoms with Gasteiger partial charge in [-0.1, -0.05) is 0 Å². The molecule has 2 aliphatic heterocycles. The summed E-state index contributed by atoms with van der Waals surface area (Å²) in [6.07, 6.45) is -5.33. The van der Waals surface area contributed by atoms with Crippen LogP contribution in [0.3, 0.4) is 0 Å². The Morgan fingerprint density at radius 1 is 1.26 bits per heavy atom. The highest BCUT2D eigenvalue weighted by Crippen LogP contribution is 2.34. The van der Waals surface area contributed by atoms with Crippen LogP contribution in [-0.2, 0) is 29.1 Å². The smallest absolute Gasteiger partial charge is 0.413 e. The van der Waals surface area contributed by atoms with Crippen LogP contribution in [0.15, 0.2) is 18.2 Å². The van der Waals surface area contributed by atoms with Crippen molar-refractivity contribution in [3.63, 3.8) is 0 Å². The Kier molecular flexibility index (Phi) is 6.44. The number of nitrogens with zero attached hydrogens (tertiary/aromatic N) is 3. The molecule has 0 bridgehead atoms. The van der Waals surface area contributed by atoms with Gasteiger partial charge in [0.25, 0.3) is 11.8 Å². The van der Waals surface area contributed by atoms with E-state index in [-0.39, 0.29) is 24.0 Å². The lowest BCUT2D eigenvalue weighted by Crippen LogP contribution is -2.48. The number of benzene rings is 1. The van der Waals surface area contributed by atoms with E-state index in [0.29, 0.717) is 31.7 Å². The van der Waals surface area contributed by atoms with Crippen LogP contribution in [0.5, 0.6) is 0 Å². The molecule has 2 aromatic rings. The van der Waals surface area contributed by atoms with E-state index in [0.717, 1.165) is 23.9 Å². The van der Waals surface area contributed by atoms with E-state index >= 15 is 0 Å². The van der Waals surface area contributed by atoms with Gasteiger partial charge in [0.05, 0.1) is 18.0 Å². The number of hydrogen-bond acceptors (Lipinski definition) is 7. The minimum absolute atomic E-state index is 0.0716. The van der Waals surface area contributed by atoms with Crippen molar-refractivity contribution in [1.29, 1.82) is 10.8 Å². The Labute approximate surface area is 191 Å². The van der Waals surface area contributed by atoms with E-state index in [4.69, 9.17) is 21.3 Å². The standard InChI is InChI=1S/C21H23F5N6O2/c1-2-32-16-8-31(7-15(16)30-19(32)18(28)34-20(29)21(24,25)26)11-6-14(27)17(33-9-11)12-5-10(22)3-4-13(12)23/h3-5,11,14,17,28-29H,2,6-9,27H2,1H3/t11-,14+,17-/m1/s1. The maximum atomic E-state index is 14.2. The molecule has 0 saturated carbocycles. The van der Waals surface area contributed by atoms with Gasteiger partial charge >= 0.3 is 6.18 Å². The molecule has 13 heteroatoms. The van der Waals surface area contributed by atoms with Crippen LogP contribution in [-0.4, -0.2) is 51.1 Å². The van der Waals surface area contributed by atoms with E-state index in [1.54, 1.807) is 11.5 Å². The summed E-state index contributed by atoms with van der Waals surface area (Å²) < 4.78 is 77.3. The molecule has 0 aliphatic carbocycles. The SMILES string of the molecule is CCn1c(C(=N)OC(=N)C(F)(F)F)nc2c1CN([C@H]1CO[C@H](c3cc(F)ccc3F)[C@@H](N)C1)C2.